The molecule has 0 saturated carbocycles. The standard InChI is InChI=1S/C16H20N2O5S/c1-11-17-14(10-23-11)12-4-6-13(7-5-12)24(21,22)18-16(2,3)9-8-15(19)20/h4-7,10,18H,8-9H2,1-3H3,(H,19,20). The summed E-state index contributed by atoms with van der Waals surface area (Å²) in [5.74, 6) is -0.432. The van der Waals surface area contributed by atoms with Crippen molar-refractivity contribution in [1.29, 1.82) is 0 Å². The van der Waals surface area contributed by atoms with E-state index in [0.29, 0.717) is 11.6 Å². The summed E-state index contributed by atoms with van der Waals surface area (Å²) >= 11 is 0. The van der Waals surface area contributed by atoms with E-state index in [-0.39, 0.29) is 17.7 Å². The van der Waals surface area contributed by atoms with E-state index in [0.717, 1.165) is 5.56 Å². The Morgan fingerprint density at radius 2 is 1.92 bits per heavy atom. The fourth-order valence-corrected chi connectivity index (χ4v) is 3.64. The molecule has 1 aromatic heterocycles. The molecule has 1 aromatic carbocycles. The second-order valence-electron chi connectivity index (χ2n) is 6.16. The Balaban J connectivity index is 2.16. The number of aromatic nitrogens is 1. The van der Waals surface area contributed by atoms with E-state index in [1.807, 2.05) is 0 Å². The minimum absolute atomic E-state index is 0.106. The molecule has 0 aliphatic heterocycles. The maximum absolute atomic E-state index is 12.5. The minimum Gasteiger partial charge on any atom is -0.481 e. The van der Waals surface area contributed by atoms with Crippen molar-refractivity contribution in [2.75, 3.05) is 0 Å². The molecule has 24 heavy (non-hydrogen) atoms. The molecule has 1 heterocycles. The molecule has 7 nitrogen and oxygen atoms in total. The molecule has 0 amide bonds. The normalized spacial score (nSPS) is 12.3. The van der Waals surface area contributed by atoms with Crippen LogP contribution in [0.5, 0.6) is 0 Å². The van der Waals surface area contributed by atoms with E-state index in [2.05, 4.69) is 9.71 Å². The Morgan fingerprint density at radius 1 is 1.29 bits per heavy atom. The molecule has 2 rings (SSSR count). The molecule has 2 aromatic rings. The zero-order valence-corrected chi connectivity index (χ0v) is 14.6. The van der Waals surface area contributed by atoms with Crippen molar-refractivity contribution in [3.63, 3.8) is 0 Å². The van der Waals surface area contributed by atoms with Crippen LogP contribution in [-0.2, 0) is 14.8 Å². The predicted molar refractivity (Wildman–Crippen MR) is 87.9 cm³/mol. The molecule has 0 atom stereocenters. The first-order valence-electron chi connectivity index (χ1n) is 7.37. The second kappa shape index (κ2) is 6.74. The number of rotatable bonds is 7. The number of aliphatic carboxylic acids is 1. The van der Waals surface area contributed by atoms with E-state index in [9.17, 15) is 13.2 Å². The van der Waals surface area contributed by atoms with Crippen molar-refractivity contribution < 1.29 is 22.7 Å². The number of sulfonamides is 1. The van der Waals surface area contributed by atoms with Gasteiger partial charge in [0.2, 0.25) is 10.0 Å². The van der Waals surface area contributed by atoms with Crippen molar-refractivity contribution in [2.45, 2.75) is 44.0 Å². The Labute approximate surface area is 140 Å². The van der Waals surface area contributed by atoms with E-state index < -0.39 is 21.5 Å². The fraction of sp³-hybridized carbons (Fsp3) is 0.375. The van der Waals surface area contributed by atoms with E-state index in [1.54, 1.807) is 32.9 Å². The first kappa shape index (κ1) is 18.2. The van der Waals surface area contributed by atoms with Crippen LogP contribution in [0.25, 0.3) is 11.3 Å². The monoisotopic (exact) mass is 352 g/mol. The van der Waals surface area contributed by atoms with Gasteiger partial charge < -0.3 is 9.52 Å². The number of aryl methyl sites for hydroxylation is 1. The number of carboxylic acids is 1. The highest BCUT2D eigenvalue weighted by molar-refractivity contribution is 7.89. The van der Waals surface area contributed by atoms with E-state index in [1.165, 1.54) is 18.4 Å². The lowest BCUT2D eigenvalue weighted by Crippen LogP contribution is -2.43. The van der Waals surface area contributed by atoms with E-state index >= 15 is 0 Å². The summed E-state index contributed by atoms with van der Waals surface area (Å²) in [6.45, 7) is 5.03. The number of hydrogen-bond donors (Lipinski definition) is 2. The van der Waals surface area contributed by atoms with Gasteiger partial charge in [0.25, 0.3) is 0 Å². The molecule has 0 unspecified atom stereocenters. The average molecular weight is 352 g/mol. The van der Waals surface area contributed by atoms with Gasteiger partial charge in [-0.05, 0) is 32.4 Å². The molecule has 2 N–H and O–H groups in total. The third-order valence-electron chi connectivity index (χ3n) is 3.45. The lowest BCUT2D eigenvalue weighted by atomic mass is 10.0. The molecule has 0 fully saturated rings. The van der Waals surface area contributed by atoms with Crippen LogP contribution in [-0.4, -0.2) is 30.0 Å². The van der Waals surface area contributed by atoms with Gasteiger partial charge in [0.05, 0.1) is 4.90 Å². The van der Waals surface area contributed by atoms with Crippen LogP contribution in [0.1, 0.15) is 32.6 Å². The van der Waals surface area contributed by atoms with Gasteiger partial charge in [0, 0.05) is 24.4 Å². The number of carbonyl (C=O) groups is 1. The van der Waals surface area contributed by atoms with Crippen molar-refractivity contribution >= 4 is 16.0 Å². The quantitative estimate of drug-likeness (QED) is 0.792. The van der Waals surface area contributed by atoms with Crippen LogP contribution in [0, 0.1) is 6.92 Å². The summed E-state index contributed by atoms with van der Waals surface area (Å²) < 4.78 is 32.6. The highest BCUT2D eigenvalue weighted by atomic mass is 32.2. The fourth-order valence-electron chi connectivity index (χ4n) is 2.19. The van der Waals surface area contributed by atoms with Gasteiger partial charge in [-0.2, -0.15) is 0 Å². The molecular formula is C16H20N2O5S. The zero-order valence-electron chi connectivity index (χ0n) is 13.7. The summed E-state index contributed by atoms with van der Waals surface area (Å²) in [6, 6.07) is 6.26. The van der Waals surface area contributed by atoms with Crippen LogP contribution in [0.3, 0.4) is 0 Å². The lowest BCUT2D eigenvalue weighted by molar-refractivity contribution is -0.137. The summed E-state index contributed by atoms with van der Waals surface area (Å²) in [7, 11) is -3.75. The Bertz CT molecular complexity index is 822. The Kier molecular flexibility index (Phi) is 5.10. The molecular weight excluding hydrogens is 332 g/mol. The van der Waals surface area contributed by atoms with Crippen LogP contribution in [0.4, 0.5) is 0 Å². The first-order valence-corrected chi connectivity index (χ1v) is 8.86. The van der Waals surface area contributed by atoms with Gasteiger partial charge in [-0.15, -0.1) is 0 Å². The molecule has 8 heteroatoms. The maximum Gasteiger partial charge on any atom is 0.303 e. The van der Waals surface area contributed by atoms with Crippen molar-refractivity contribution in [2.24, 2.45) is 0 Å². The first-order chi connectivity index (χ1) is 11.1. The predicted octanol–water partition coefficient (Wildman–Crippen LogP) is 2.57. The molecule has 0 bridgehead atoms. The average Bonchev–Trinajstić information content (AvgIpc) is 2.91. The van der Waals surface area contributed by atoms with Crippen LogP contribution < -0.4 is 4.72 Å². The molecule has 0 radical (unpaired) electrons. The molecule has 0 aliphatic carbocycles. The van der Waals surface area contributed by atoms with Gasteiger partial charge in [0.1, 0.15) is 12.0 Å². The topological polar surface area (TPSA) is 110 Å². The third-order valence-corrected chi connectivity index (χ3v) is 5.17. The smallest absolute Gasteiger partial charge is 0.303 e. The number of oxazole rings is 1. The maximum atomic E-state index is 12.5. The van der Waals surface area contributed by atoms with Gasteiger partial charge >= 0.3 is 5.97 Å². The van der Waals surface area contributed by atoms with Crippen LogP contribution in [0.15, 0.2) is 39.8 Å². The van der Waals surface area contributed by atoms with Crippen molar-refractivity contribution in [3.8, 4) is 11.3 Å². The second-order valence-corrected chi connectivity index (χ2v) is 7.84. The Morgan fingerprint density at radius 3 is 2.42 bits per heavy atom. The van der Waals surface area contributed by atoms with Gasteiger partial charge in [-0.3, -0.25) is 4.79 Å². The Hall–Kier alpha value is -2.19. The number of nitrogens with zero attached hydrogens (tertiary/aromatic N) is 1. The summed E-state index contributed by atoms with van der Waals surface area (Å²) in [4.78, 5) is 15.0. The third kappa shape index (κ3) is 4.65. The van der Waals surface area contributed by atoms with Crippen LogP contribution in [0.2, 0.25) is 0 Å². The van der Waals surface area contributed by atoms with Gasteiger partial charge in [-0.25, -0.2) is 18.1 Å². The van der Waals surface area contributed by atoms with Gasteiger partial charge in [0.15, 0.2) is 5.89 Å². The van der Waals surface area contributed by atoms with Crippen molar-refractivity contribution in [1.82, 2.24) is 9.71 Å². The zero-order chi connectivity index (χ0) is 18.0. The number of hydrogen-bond acceptors (Lipinski definition) is 5. The van der Waals surface area contributed by atoms with Crippen LogP contribution >= 0.6 is 0 Å². The lowest BCUT2D eigenvalue weighted by Gasteiger charge is -2.25. The molecule has 0 saturated heterocycles. The molecule has 0 spiro atoms. The largest absolute Gasteiger partial charge is 0.481 e. The SMILES string of the molecule is Cc1nc(-c2ccc(S(=O)(=O)NC(C)(C)CCC(=O)O)cc2)co1. The molecule has 0 aliphatic rings. The molecule has 130 valence electrons. The van der Waals surface area contributed by atoms with Crippen molar-refractivity contribution in [3.05, 3.63) is 36.4 Å². The van der Waals surface area contributed by atoms with E-state index in [4.69, 9.17) is 9.52 Å². The minimum atomic E-state index is -3.75. The number of benzene rings is 1. The highest BCUT2D eigenvalue weighted by Gasteiger charge is 2.26. The summed E-state index contributed by atoms with van der Waals surface area (Å²) in [5.41, 5.74) is 0.515. The number of carboxylic acid groups (broad SMARTS) is 1. The number of nitrogens with one attached hydrogen (secondary N) is 1. The summed E-state index contributed by atoms with van der Waals surface area (Å²) in [6.07, 6.45) is 1.59. The van der Waals surface area contributed by atoms with Gasteiger partial charge in [-0.1, -0.05) is 12.1 Å². The highest BCUT2D eigenvalue weighted by Crippen LogP contribution is 2.22. The summed E-state index contributed by atoms with van der Waals surface area (Å²) in [5, 5.41) is 8.74.